The number of ether oxygens (including phenoxy) is 1. The van der Waals surface area contributed by atoms with Gasteiger partial charge in [-0.3, -0.25) is 4.79 Å². The molecule has 0 radical (unpaired) electrons. The Morgan fingerprint density at radius 1 is 0.960 bits per heavy atom. The summed E-state index contributed by atoms with van der Waals surface area (Å²) in [5.41, 5.74) is 2.38. The Balaban J connectivity index is 1.49. The number of amides is 2. The second-order valence-corrected chi connectivity index (χ2v) is 6.38. The van der Waals surface area contributed by atoms with Gasteiger partial charge in [0.15, 0.2) is 0 Å². The minimum atomic E-state index is -0.506. The molecule has 130 valence electrons. The highest BCUT2D eigenvalue weighted by Gasteiger charge is 2.37. The number of carbonyl (C=O) groups excluding carboxylic acids is 2. The lowest BCUT2D eigenvalue weighted by Gasteiger charge is -2.19. The molecule has 1 fully saturated rings. The summed E-state index contributed by atoms with van der Waals surface area (Å²) in [5.74, 6) is -0.128. The van der Waals surface area contributed by atoms with Crippen LogP contribution in [0, 0.1) is 0 Å². The predicted octanol–water partition coefficient (Wildman–Crippen LogP) is 3.99. The molecule has 1 aliphatic rings. The van der Waals surface area contributed by atoms with Gasteiger partial charge >= 0.3 is 6.09 Å². The quantitative estimate of drug-likeness (QED) is 0.718. The van der Waals surface area contributed by atoms with E-state index in [9.17, 15) is 9.59 Å². The van der Waals surface area contributed by atoms with Crippen molar-refractivity contribution in [1.82, 2.24) is 4.90 Å². The summed E-state index contributed by atoms with van der Waals surface area (Å²) in [6.45, 7) is 0.281. The van der Waals surface area contributed by atoms with Crippen molar-refractivity contribution in [3.05, 3.63) is 71.8 Å². The van der Waals surface area contributed by atoms with Crippen molar-refractivity contribution >= 4 is 12.0 Å². The van der Waals surface area contributed by atoms with Gasteiger partial charge in [-0.05, 0) is 36.8 Å². The number of aryl methyl sites for hydroxylation is 1. The molecule has 0 N–H and O–H groups in total. The second-order valence-electron chi connectivity index (χ2n) is 6.38. The zero-order chi connectivity index (χ0) is 17.5. The standard InChI is InChI=1S/C21H23NO3/c23-20(14-8-7-11-17-9-3-1-4-10-17)22-19(16-25-21(22)24)15-18-12-5-2-6-13-18/h1-6,9-10,12-13,19H,7-8,11,14-16H2. The Bertz CT molecular complexity index is 700. The van der Waals surface area contributed by atoms with E-state index in [1.807, 2.05) is 48.5 Å². The molecule has 2 amide bonds. The maximum absolute atomic E-state index is 12.5. The third kappa shape index (κ3) is 4.69. The monoisotopic (exact) mass is 337 g/mol. The average Bonchev–Trinajstić information content (AvgIpc) is 3.00. The highest BCUT2D eigenvalue weighted by molar-refractivity contribution is 5.93. The molecule has 0 aliphatic carbocycles. The van der Waals surface area contributed by atoms with E-state index in [4.69, 9.17) is 4.74 Å². The van der Waals surface area contributed by atoms with Gasteiger partial charge in [0.2, 0.25) is 5.91 Å². The number of cyclic esters (lactones) is 1. The molecule has 1 heterocycles. The summed E-state index contributed by atoms with van der Waals surface area (Å²) in [7, 11) is 0. The Kier molecular flexibility index (Phi) is 5.83. The number of unbranched alkanes of at least 4 members (excludes halogenated alkanes) is 1. The van der Waals surface area contributed by atoms with Crippen molar-refractivity contribution in [2.24, 2.45) is 0 Å². The number of nitrogens with zero attached hydrogens (tertiary/aromatic N) is 1. The van der Waals surface area contributed by atoms with Crippen LogP contribution < -0.4 is 0 Å². The van der Waals surface area contributed by atoms with E-state index in [1.165, 1.54) is 10.5 Å². The van der Waals surface area contributed by atoms with Crippen LogP contribution in [0.5, 0.6) is 0 Å². The van der Waals surface area contributed by atoms with Crippen LogP contribution >= 0.6 is 0 Å². The summed E-state index contributed by atoms with van der Waals surface area (Å²) < 4.78 is 5.11. The first-order chi connectivity index (χ1) is 12.2. The van der Waals surface area contributed by atoms with Crippen LogP contribution in [0.2, 0.25) is 0 Å². The number of rotatable bonds is 7. The molecule has 1 unspecified atom stereocenters. The van der Waals surface area contributed by atoms with E-state index >= 15 is 0 Å². The van der Waals surface area contributed by atoms with E-state index in [2.05, 4.69) is 12.1 Å². The van der Waals surface area contributed by atoms with Gasteiger partial charge in [0.1, 0.15) is 6.61 Å². The van der Waals surface area contributed by atoms with Crippen LogP contribution in [0.1, 0.15) is 30.4 Å². The molecule has 4 nitrogen and oxygen atoms in total. The van der Waals surface area contributed by atoms with Crippen LogP contribution in [0.15, 0.2) is 60.7 Å². The molecule has 2 aromatic rings. The number of imide groups is 1. The summed E-state index contributed by atoms with van der Waals surface area (Å²) in [6, 6.07) is 19.9. The molecule has 0 saturated carbocycles. The van der Waals surface area contributed by atoms with Gasteiger partial charge < -0.3 is 4.74 Å². The first-order valence-corrected chi connectivity index (χ1v) is 8.80. The molecular weight excluding hydrogens is 314 g/mol. The number of benzene rings is 2. The van der Waals surface area contributed by atoms with Gasteiger partial charge in [-0.25, -0.2) is 9.69 Å². The maximum atomic E-state index is 12.5. The second kappa shape index (κ2) is 8.47. The van der Waals surface area contributed by atoms with E-state index in [-0.39, 0.29) is 18.6 Å². The van der Waals surface area contributed by atoms with Crippen LogP contribution in [-0.4, -0.2) is 29.5 Å². The third-order valence-electron chi connectivity index (χ3n) is 4.49. The van der Waals surface area contributed by atoms with Crippen molar-refractivity contribution in [3.63, 3.8) is 0 Å². The summed E-state index contributed by atoms with van der Waals surface area (Å²) in [5, 5.41) is 0. The fraction of sp³-hybridized carbons (Fsp3) is 0.333. The van der Waals surface area contributed by atoms with Gasteiger partial charge in [0.25, 0.3) is 0 Å². The lowest BCUT2D eigenvalue weighted by Crippen LogP contribution is -2.40. The molecule has 4 heteroatoms. The Morgan fingerprint density at radius 2 is 1.60 bits per heavy atom. The lowest BCUT2D eigenvalue weighted by molar-refractivity contribution is -0.129. The SMILES string of the molecule is O=C(CCCCc1ccccc1)N1C(=O)OCC1Cc1ccccc1. The molecule has 0 aromatic heterocycles. The Hall–Kier alpha value is -2.62. The highest BCUT2D eigenvalue weighted by atomic mass is 16.6. The first kappa shape index (κ1) is 17.2. The molecular formula is C21H23NO3. The summed E-state index contributed by atoms with van der Waals surface area (Å²) in [6.07, 6.45) is 3.17. The van der Waals surface area contributed by atoms with Gasteiger partial charge in [-0.1, -0.05) is 60.7 Å². The zero-order valence-corrected chi connectivity index (χ0v) is 14.3. The van der Waals surface area contributed by atoms with Crippen molar-refractivity contribution in [3.8, 4) is 0 Å². The van der Waals surface area contributed by atoms with Crippen molar-refractivity contribution < 1.29 is 14.3 Å². The maximum Gasteiger partial charge on any atom is 0.416 e. The van der Waals surface area contributed by atoms with E-state index < -0.39 is 6.09 Å². The molecule has 0 bridgehead atoms. The number of hydrogen-bond acceptors (Lipinski definition) is 3. The minimum Gasteiger partial charge on any atom is -0.447 e. The Morgan fingerprint density at radius 3 is 2.28 bits per heavy atom. The molecule has 1 saturated heterocycles. The van der Waals surface area contributed by atoms with Crippen LogP contribution in [-0.2, 0) is 22.4 Å². The summed E-state index contributed by atoms with van der Waals surface area (Å²) >= 11 is 0. The number of hydrogen-bond donors (Lipinski definition) is 0. The van der Waals surface area contributed by atoms with E-state index in [1.54, 1.807) is 0 Å². The van der Waals surface area contributed by atoms with Crippen LogP contribution in [0.4, 0.5) is 4.79 Å². The van der Waals surface area contributed by atoms with Crippen molar-refractivity contribution in [2.75, 3.05) is 6.61 Å². The molecule has 25 heavy (non-hydrogen) atoms. The first-order valence-electron chi connectivity index (χ1n) is 8.80. The van der Waals surface area contributed by atoms with Crippen LogP contribution in [0.25, 0.3) is 0 Å². The molecule has 1 aliphatic heterocycles. The van der Waals surface area contributed by atoms with E-state index in [0.717, 1.165) is 24.8 Å². The fourth-order valence-corrected chi connectivity index (χ4v) is 3.17. The minimum absolute atomic E-state index is 0.128. The van der Waals surface area contributed by atoms with Crippen molar-refractivity contribution in [2.45, 2.75) is 38.1 Å². The predicted molar refractivity (Wildman–Crippen MR) is 96.1 cm³/mol. The largest absolute Gasteiger partial charge is 0.447 e. The zero-order valence-electron chi connectivity index (χ0n) is 14.3. The molecule has 0 spiro atoms. The number of carbonyl (C=O) groups is 2. The summed E-state index contributed by atoms with van der Waals surface area (Å²) in [4.78, 5) is 25.8. The molecule has 2 aromatic carbocycles. The third-order valence-corrected chi connectivity index (χ3v) is 4.49. The van der Waals surface area contributed by atoms with Crippen molar-refractivity contribution in [1.29, 1.82) is 0 Å². The highest BCUT2D eigenvalue weighted by Crippen LogP contribution is 2.19. The van der Waals surface area contributed by atoms with Gasteiger partial charge in [0.05, 0.1) is 6.04 Å². The smallest absolute Gasteiger partial charge is 0.416 e. The van der Waals surface area contributed by atoms with Gasteiger partial charge in [0, 0.05) is 6.42 Å². The van der Waals surface area contributed by atoms with E-state index in [0.29, 0.717) is 12.8 Å². The fourth-order valence-electron chi connectivity index (χ4n) is 3.17. The van der Waals surface area contributed by atoms with Gasteiger partial charge in [-0.15, -0.1) is 0 Å². The lowest BCUT2D eigenvalue weighted by atomic mass is 10.0. The van der Waals surface area contributed by atoms with Gasteiger partial charge in [-0.2, -0.15) is 0 Å². The normalized spacial score (nSPS) is 16.7. The molecule has 1 atom stereocenters. The average molecular weight is 337 g/mol. The topological polar surface area (TPSA) is 46.6 Å². The van der Waals surface area contributed by atoms with Crippen LogP contribution in [0.3, 0.4) is 0 Å². The molecule has 3 rings (SSSR count). The Labute approximate surface area is 148 Å².